The Morgan fingerprint density at radius 3 is 2.71 bits per heavy atom. The summed E-state index contributed by atoms with van der Waals surface area (Å²) in [4.78, 5) is 0.145. The van der Waals surface area contributed by atoms with Crippen molar-refractivity contribution >= 4 is 21.6 Å². The number of benzene rings is 1. The minimum Gasteiger partial charge on any atom is -0.392 e. The van der Waals surface area contributed by atoms with Crippen molar-refractivity contribution in [3.8, 4) is 0 Å². The van der Waals surface area contributed by atoms with Crippen LogP contribution in [0.25, 0.3) is 0 Å². The third kappa shape index (κ3) is 3.19. The number of rotatable bonds is 5. The van der Waals surface area contributed by atoms with Gasteiger partial charge in [-0.05, 0) is 42.5 Å². The molecule has 4 nitrogen and oxygen atoms in total. The predicted molar refractivity (Wildman–Crippen MR) is 65.3 cm³/mol. The molecule has 2 rings (SSSR count). The summed E-state index contributed by atoms with van der Waals surface area (Å²) in [6, 6.07) is 4.33. The van der Waals surface area contributed by atoms with Crippen LogP contribution in [-0.4, -0.2) is 20.1 Å². The molecule has 1 aromatic rings. The van der Waals surface area contributed by atoms with Crippen LogP contribution in [0.4, 0.5) is 0 Å². The van der Waals surface area contributed by atoms with E-state index >= 15 is 0 Å². The maximum atomic E-state index is 11.9. The van der Waals surface area contributed by atoms with Crippen LogP contribution in [0.5, 0.6) is 0 Å². The summed E-state index contributed by atoms with van der Waals surface area (Å²) in [5.74, 6) is 0.481. The lowest BCUT2D eigenvalue weighted by Crippen LogP contribution is -2.25. The van der Waals surface area contributed by atoms with Gasteiger partial charge in [0.25, 0.3) is 0 Å². The Morgan fingerprint density at radius 2 is 2.12 bits per heavy atom. The van der Waals surface area contributed by atoms with E-state index in [0.29, 0.717) is 23.0 Å². The molecule has 0 radical (unpaired) electrons. The van der Waals surface area contributed by atoms with Gasteiger partial charge in [0.1, 0.15) is 0 Å². The van der Waals surface area contributed by atoms with E-state index in [-0.39, 0.29) is 11.5 Å². The summed E-state index contributed by atoms with van der Waals surface area (Å²) in [5, 5.41) is 9.41. The van der Waals surface area contributed by atoms with E-state index in [9.17, 15) is 8.42 Å². The van der Waals surface area contributed by atoms with E-state index in [1.807, 2.05) is 0 Å². The SMILES string of the molecule is O=S(=O)(NCC1CC1)c1ccc(Cl)c(CO)c1. The Kier molecular flexibility index (Phi) is 3.73. The third-order valence-electron chi connectivity index (χ3n) is 2.76. The number of hydrogen-bond acceptors (Lipinski definition) is 3. The molecule has 0 saturated heterocycles. The Morgan fingerprint density at radius 1 is 1.41 bits per heavy atom. The summed E-state index contributed by atoms with van der Waals surface area (Å²) < 4.78 is 26.4. The maximum Gasteiger partial charge on any atom is 0.240 e. The molecule has 0 atom stereocenters. The van der Waals surface area contributed by atoms with Crippen LogP contribution in [0, 0.1) is 5.92 Å². The minimum atomic E-state index is -3.48. The number of nitrogens with one attached hydrogen (secondary N) is 1. The topological polar surface area (TPSA) is 66.4 Å². The van der Waals surface area contributed by atoms with Gasteiger partial charge in [0.15, 0.2) is 0 Å². The molecule has 1 saturated carbocycles. The van der Waals surface area contributed by atoms with Gasteiger partial charge in [0.05, 0.1) is 11.5 Å². The van der Waals surface area contributed by atoms with Crippen LogP contribution in [0.2, 0.25) is 5.02 Å². The van der Waals surface area contributed by atoms with E-state index in [0.717, 1.165) is 12.8 Å². The molecule has 94 valence electrons. The quantitative estimate of drug-likeness (QED) is 0.856. The van der Waals surface area contributed by atoms with Crippen molar-refractivity contribution in [2.24, 2.45) is 5.92 Å². The van der Waals surface area contributed by atoms with Crippen molar-refractivity contribution in [1.29, 1.82) is 0 Å². The highest BCUT2D eigenvalue weighted by atomic mass is 35.5. The number of halogens is 1. The monoisotopic (exact) mass is 275 g/mol. The largest absolute Gasteiger partial charge is 0.392 e. The van der Waals surface area contributed by atoms with Gasteiger partial charge in [0, 0.05) is 11.6 Å². The maximum absolute atomic E-state index is 11.9. The number of hydrogen-bond donors (Lipinski definition) is 2. The summed E-state index contributed by atoms with van der Waals surface area (Å²) in [6.45, 7) is 0.213. The molecule has 17 heavy (non-hydrogen) atoms. The van der Waals surface area contributed by atoms with Crippen LogP contribution in [0.3, 0.4) is 0 Å². The second kappa shape index (κ2) is 4.94. The average molecular weight is 276 g/mol. The van der Waals surface area contributed by atoms with Crippen molar-refractivity contribution in [1.82, 2.24) is 4.72 Å². The molecule has 1 aromatic carbocycles. The molecule has 1 aliphatic carbocycles. The molecule has 0 amide bonds. The van der Waals surface area contributed by atoms with Crippen molar-refractivity contribution in [3.63, 3.8) is 0 Å². The van der Waals surface area contributed by atoms with Gasteiger partial charge in [-0.3, -0.25) is 0 Å². The number of aliphatic hydroxyl groups is 1. The van der Waals surface area contributed by atoms with Crippen LogP contribution >= 0.6 is 11.6 Å². The highest BCUT2D eigenvalue weighted by Gasteiger charge is 2.24. The van der Waals surface area contributed by atoms with E-state index < -0.39 is 10.0 Å². The molecule has 1 fully saturated rings. The Balaban J connectivity index is 2.19. The Labute approximate surface area is 106 Å². The first-order valence-corrected chi connectivity index (χ1v) is 7.28. The summed E-state index contributed by atoms with van der Waals surface area (Å²) in [6.07, 6.45) is 2.18. The molecule has 0 heterocycles. The molecule has 2 N–H and O–H groups in total. The van der Waals surface area contributed by atoms with Gasteiger partial charge < -0.3 is 5.11 Å². The molecular weight excluding hydrogens is 262 g/mol. The normalized spacial score (nSPS) is 16.1. The fraction of sp³-hybridized carbons (Fsp3) is 0.455. The first-order chi connectivity index (χ1) is 8.03. The fourth-order valence-electron chi connectivity index (χ4n) is 1.47. The molecule has 0 unspecified atom stereocenters. The first-order valence-electron chi connectivity index (χ1n) is 5.42. The number of aliphatic hydroxyl groups excluding tert-OH is 1. The minimum absolute atomic E-state index is 0.145. The lowest BCUT2D eigenvalue weighted by molar-refractivity contribution is 0.281. The molecule has 0 aliphatic heterocycles. The summed E-state index contributed by atoms with van der Waals surface area (Å²) in [5.41, 5.74) is 0.418. The molecule has 0 bridgehead atoms. The van der Waals surface area contributed by atoms with Crippen LogP contribution in [0.15, 0.2) is 23.1 Å². The highest BCUT2D eigenvalue weighted by molar-refractivity contribution is 7.89. The summed E-state index contributed by atoms with van der Waals surface area (Å²) >= 11 is 5.81. The zero-order valence-corrected chi connectivity index (χ0v) is 10.8. The van der Waals surface area contributed by atoms with Crippen LogP contribution < -0.4 is 4.72 Å². The van der Waals surface area contributed by atoms with Crippen molar-refractivity contribution in [2.75, 3.05) is 6.54 Å². The Bertz CT molecular complexity index is 511. The van der Waals surface area contributed by atoms with Crippen LogP contribution in [-0.2, 0) is 16.6 Å². The van der Waals surface area contributed by atoms with Crippen LogP contribution in [0.1, 0.15) is 18.4 Å². The highest BCUT2D eigenvalue weighted by Crippen LogP contribution is 2.28. The lowest BCUT2D eigenvalue weighted by Gasteiger charge is -2.08. The zero-order chi connectivity index (χ0) is 12.5. The second-order valence-corrected chi connectivity index (χ2v) is 6.38. The second-order valence-electron chi connectivity index (χ2n) is 4.21. The van der Waals surface area contributed by atoms with E-state index in [1.165, 1.54) is 18.2 Å². The van der Waals surface area contributed by atoms with Gasteiger partial charge >= 0.3 is 0 Å². The number of sulfonamides is 1. The standard InChI is InChI=1S/C11H14ClNO3S/c12-11-4-3-10(5-9(11)7-14)17(15,16)13-6-8-1-2-8/h3-5,8,13-14H,1-2,6-7H2. The first kappa shape index (κ1) is 12.8. The summed E-state index contributed by atoms with van der Waals surface area (Å²) in [7, 11) is -3.48. The molecule has 0 spiro atoms. The smallest absolute Gasteiger partial charge is 0.240 e. The third-order valence-corrected chi connectivity index (χ3v) is 4.55. The predicted octanol–water partition coefficient (Wildman–Crippen LogP) is 1.52. The van der Waals surface area contributed by atoms with Gasteiger partial charge in [0.2, 0.25) is 10.0 Å². The van der Waals surface area contributed by atoms with Gasteiger partial charge in [-0.25, -0.2) is 13.1 Å². The molecule has 0 aromatic heterocycles. The lowest BCUT2D eigenvalue weighted by atomic mass is 10.2. The van der Waals surface area contributed by atoms with E-state index in [1.54, 1.807) is 0 Å². The molecule has 1 aliphatic rings. The zero-order valence-electron chi connectivity index (χ0n) is 9.19. The van der Waals surface area contributed by atoms with Crippen molar-refractivity contribution in [3.05, 3.63) is 28.8 Å². The van der Waals surface area contributed by atoms with Gasteiger partial charge in [-0.15, -0.1) is 0 Å². The average Bonchev–Trinajstić information content (AvgIpc) is 3.10. The fourth-order valence-corrected chi connectivity index (χ4v) is 2.82. The van der Waals surface area contributed by atoms with E-state index in [2.05, 4.69) is 4.72 Å². The van der Waals surface area contributed by atoms with Gasteiger partial charge in [-0.2, -0.15) is 0 Å². The molecular formula is C11H14ClNO3S. The molecule has 6 heteroatoms. The van der Waals surface area contributed by atoms with Gasteiger partial charge in [-0.1, -0.05) is 11.6 Å². The van der Waals surface area contributed by atoms with Crippen molar-refractivity contribution in [2.45, 2.75) is 24.3 Å². The Hall–Kier alpha value is -0.620. The van der Waals surface area contributed by atoms with E-state index in [4.69, 9.17) is 16.7 Å². The van der Waals surface area contributed by atoms with Crippen molar-refractivity contribution < 1.29 is 13.5 Å².